The van der Waals surface area contributed by atoms with Crippen molar-refractivity contribution in [3.63, 3.8) is 0 Å². The Morgan fingerprint density at radius 1 is 1.04 bits per heavy atom. The lowest BCUT2D eigenvalue weighted by molar-refractivity contribution is -0.142. The number of allylic oxidation sites excluding steroid dienone is 2. The molecule has 4 amide bonds. The van der Waals surface area contributed by atoms with Gasteiger partial charge in [0, 0.05) is 26.5 Å². The van der Waals surface area contributed by atoms with E-state index in [2.05, 4.69) is 42.3 Å². The summed E-state index contributed by atoms with van der Waals surface area (Å²) in [7, 11) is 1.35. The summed E-state index contributed by atoms with van der Waals surface area (Å²) in [5, 5.41) is 13.4. The molecule has 0 radical (unpaired) electrons. The Hall–Kier alpha value is -3.96. The maximum atomic E-state index is 15.4. The Kier molecular flexibility index (Phi) is 9.83. The van der Waals surface area contributed by atoms with Crippen LogP contribution in [0.5, 0.6) is 11.5 Å². The number of rotatable bonds is 7. The Bertz CT molecular complexity index is 2370. The number of carbonyl (C=O) groups excluding carboxylic acids is 4. The highest BCUT2D eigenvalue weighted by Crippen LogP contribution is 2.65. The van der Waals surface area contributed by atoms with Crippen LogP contribution in [0.3, 0.4) is 0 Å². The number of phenols is 1. The van der Waals surface area contributed by atoms with E-state index in [4.69, 9.17) is 27.9 Å². The number of benzene rings is 2. The smallest absolute Gasteiger partial charge is 0.417 e. The Labute approximate surface area is 347 Å². The standard InChI is InChI=1S/C38H27Br2Cl2F3N4O6S/c1-55-26-13-23(29(39)30(40)31(26)50)28-20-8-9-21-27(35(53)48(33(21)51)15-19-3-2-10-56-19)22(20)12-24-34(52)49(36(54)37(24,28)16-4-6-18(41)7-5-16)47-32-25(42)11-17(14-46-32)38(43,44)45/h2-8,10-11,13-14,21-22,24,27-28,50H,9,12,15H2,1H3,(H,46,47). The highest BCUT2D eigenvalue weighted by Gasteiger charge is 2.70. The van der Waals surface area contributed by atoms with Crippen LogP contribution in [0.4, 0.5) is 19.0 Å². The first-order valence-electron chi connectivity index (χ1n) is 17.1. The molecule has 4 aromatic rings. The summed E-state index contributed by atoms with van der Waals surface area (Å²) in [5.74, 6) is -7.44. The zero-order chi connectivity index (χ0) is 40.0. The third-order valence-corrected chi connectivity index (χ3v) is 14.8. The van der Waals surface area contributed by atoms with E-state index >= 15 is 4.79 Å². The molecule has 18 heteroatoms. The summed E-state index contributed by atoms with van der Waals surface area (Å²) >= 11 is 21.1. The number of fused-ring (bicyclic) bond motifs is 4. The van der Waals surface area contributed by atoms with Gasteiger partial charge >= 0.3 is 6.18 Å². The number of methoxy groups -OCH3 is 1. The number of phenolic OH excluding ortho intramolecular Hbond substituents is 1. The molecule has 3 fully saturated rings. The van der Waals surface area contributed by atoms with Crippen molar-refractivity contribution in [3.05, 3.63) is 112 Å². The number of hydrogen-bond donors (Lipinski definition) is 2. The fraction of sp³-hybridized carbons (Fsp3) is 0.289. The first kappa shape index (κ1) is 38.9. The van der Waals surface area contributed by atoms with E-state index in [0.29, 0.717) is 43.5 Å². The van der Waals surface area contributed by atoms with E-state index in [1.807, 2.05) is 23.6 Å². The molecule has 2 N–H and O–H groups in total. The summed E-state index contributed by atoms with van der Waals surface area (Å²) < 4.78 is 46.6. The normalized spacial score (nSPS) is 25.9. The molecular weight excluding hydrogens is 928 g/mol. The second kappa shape index (κ2) is 14.1. The van der Waals surface area contributed by atoms with Crippen molar-refractivity contribution in [1.29, 1.82) is 0 Å². The van der Waals surface area contributed by atoms with E-state index in [0.717, 1.165) is 4.88 Å². The maximum Gasteiger partial charge on any atom is 0.417 e. The molecule has 8 rings (SSSR count). The van der Waals surface area contributed by atoms with Gasteiger partial charge in [-0.3, -0.25) is 29.5 Å². The molecule has 2 aromatic heterocycles. The van der Waals surface area contributed by atoms with E-state index in [1.165, 1.54) is 23.3 Å². The number of imide groups is 2. The predicted molar refractivity (Wildman–Crippen MR) is 207 cm³/mol. The number of nitrogens with zero attached hydrogens (tertiary/aromatic N) is 3. The van der Waals surface area contributed by atoms with Crippen molar-refractivity contribution < 1.29 is 42.2 Å². The van der Waals surface area contributed by atoms with Gasteiger partial charge in [-0.05, 0) is 97.5 Å². The molecule has 4 aliphatic rings. The van der Waals surface area contributed by atoms with Crippen LogP contribution in [0.1, 0.15) is 40.3 Å². The number of amides is 4. The lowest BCUT2D eigenvalue weighted by Gasteiger charge is -2.51. The molecule has 1 saturated carbocycles. The summed E-state index contributed by atoms with van der Waals surface area (Å²) in [4.78, 5) is 64.6. The monoisotopic (exact) mass is 952 g/mol. The zero-order valence-corrected chi connectivity index (χ0v) is 34.2. The van der Waals surface area contributed by atoms with Gasteiger partial charge in [-0.1, -0.05) is 53.1 Å². The van der Waals surface area contributed by atoms with Gasteiger partial charge in [0.15, 0.2) is 17.3 Å². The fourth-order valence-electron chi connectivity index (χ4n) is 8.88. The zero-order valence-electron chi connectivity index (χ0n) is 28.7. The maximum absolute atomic E-state index is 15.4. The molecule has 2 aromatic carbocycles. The first-order valence-corrected chi connectivity index (χ1v) is 20.3. The minimum absolute atomic E-state index is 0.0380. The molecule has 10 nitrogen and oxygen atoms in total. The molecule has 6 atom stereocenters. The van der Waals surface area contributed by atoms with Gasteiger partial charge in [0.25, 0.3) is 11.8 Å². The van der Waals surface area contributed by atoms with Gasteiger partial charge in [-0.15, -0.1) is 11.3 Å². The number of halogens is 7. The number of aromatic nitrogens is 1. The number of pyridine rings is 1. The number of alkyl halides is 3. The molecule has 0 bridgehead atoms. The van der Waals surface area contributed by atoms with Crippen molar-refractivity contribution in [2.24, 2.45) is 23.7 Å². The number of hydrogen-bond acceptors (Lipinski definition) is 9. The Morgan fingerprint density at radius 3 is 2.41 bits per heavy atom. The van der Waals surface area contributed by atoms with Crippen molar-refractivity contribution in [3.8, 4) is 11.5 Å². The number of aromatic hydroxyl groups is 1. The van der Waals surface area contributed by atoms with Crippen molar-refractivity contribution in [1.82, 2.24) is 14.9 Å². The average Bonchev–Trinajstić information content (AvgIpc) is 3.83. The molecule has 2 aliphatic heterocycles. The van der Waals surface area contributed by atoms with Gasteiger partial charge in [0.1, 0.15) is 0 Å². The summed E-state index contributed by atoms with van der Waals surface area (Å²) in [6.45, 7) is 0.0929. The SMILES string of the molecule is COc1cc(C2C3=CCC4C(=O)N(Cc5cccs5)C(=O)C4C3CC3C(=O)N(Nc4ncc(C(F)(F)F)cc4Cl)C(=O)C32c2ccc(Cl)cc2)c(Br)c(Br)c1O. The minimum Gasteiger partial charge on any atom is -0.503 e. The predicted octanol–water partition coefficient (Wildman–Crippen LogP) is 8.89. The molecule has 290 valence electrons. The second-order valence-corrected chi connectivity index (χ2v) is 17.4. The molecule has 56 heavy (non-hydrogen) atoms. The molecule has 2 aliphatic carbocycles. The topological polar surface area (TPSA) is 129 Å². The lowest BCUT2D eigenvalue weighted by Crippen LogP contribution is -2.53. The van der Waals surface area contributed by atoms with Crippen molar-refractivity contribution in [2.75, 3.05) is 12.5 Å². The number of carbonyl (C=O) groups is 4. The van der Waals surface area contributed by atoms with Crippen LogP contribution in [-0.2, 0) is 37.3 Å². The third kappa shape index (κ3) is 5.88. The van der Waals surface area contributed by atoms with Gasteiger partial charge < -0.3 is 9.84 Å². The second-order valence-electron chi connectivity index (χ2n) is 13.9. The van der Waals surface area contributed by atoms with Crippen LogP contribution in [0.2, 0.25) is 10.0 Å². The number of hydrazine groups is 1. The quantitative estimate of drug-likeness (QED) is 0.139. The molecular formula is C38H27Br2Cl2F3N4O6S. The van der Waals surface area contributed by atoms with Gasteiger partial charge in [0.2, 0.25) is 11.8 Å². The van der Waals surface area contributed by atoms with Crippen LogP contribution in [0.15, 0.2) is 80.7 Å². The number of ether oxygens (including phenoxy) is 1. The summed E-state index contributed by atoms with van der Waals surface area (Å²) in [6, 6.07) is 12.2. The van der Waals surface area contributed by atoms with Crippen LogP contribution in [0, 0.1) is 23.7 Å². The largest absolute Gasteiger partial charge is 0.503 e. The number of anilines is 1. The Morgan fingerprint density at radius 2 is 1.77 bits per heavy atom. The molecule has 6 unspecified atom stereocenters. The van der Waals surface area contributed by atoms with Crippen LogP contribution in [-0.4, -0.2) is 50.7 Å². The van der Waals surface area contributed by atoms with Gasteiger partial charge in [-0.2, -0.15) is 18.2 Å². The van der Waals surface area contributed by atoms with Crippen LogP contribution >= 0.6 is 66.4 Å². The van der Waals surface area contributed by atoms with E-state index in [-0.39, 0.29) is 47.1 Å². The molecule has 4 heterocycles. The summed E-state index contributed by atoms with van der Waals surface area (Å²) in [6.07, 6.45) is -2.24. The summed E-state index contributed by atoms with van der Waals surface area (Å²) in [5.41, 5.74) is 1.08. The molecule has 2 saturated heterocycles. The Balaban J connectivity index is 1.34. The van der Waals surface area contributed by atoms with Crippen LogP contribution < -0.4 is 10.2 Å². The first-order chi connectivity index (χ1) is 26.6. The van der Waals surface area contributed by atoms with Gasteiger partial charge in [0.05, 0.1) is 51.9 Å². The lowest BCUT2D eigenvalue weighted by atomic mass is 9.49. The third-order valence-electron chi connectivity index (χ3n) is 11.2. The highest BCUT2D eigenvalue weighted by atomic mass is 79.9. The minimum atomic E-state index is -4.76. The van der Waals surface area contributed by atoms with E-state index in [1.54, 1.807) is 30.3 Å². The molecule has 0 spiro atoms. The number of nitrogens with one attached hydrogen (secondary N) is 1. The van der Waals surface area contributed by atoms with Crippen molar-refractivity contribution >= 4 is 95.8 Å². The van der Waals surface area contributed by atoms with E-state index in [9.17, 15) is 32.7 Å². The van der Waals surface area contributed by atoms with Crippen molar-refractivity contribution in [2.45, 2.75) is 36.9 Å². The number of likely N-dealkylation sites (tertiary alicyclic amines) is 1. The highest BCUT2D eigenvalue weighted by molar-refractivity contribution is 9.13. The number of thiophene rings is 1. The average molecular weight is 955 g/mol. The fourth-order valence-corrected chi connectivity index (χ4v) is 10.9. The van der Waals surface area contributed by atoms with Gasteiger partial charge in [-0.25, -0.2) is 4.98 Å². The van der Waals surface area contributed by atoms with Crippen LogP contribution in [0.25, 0.3) is 0 Å². The van der Waals surface area contributed by atoms with E-state index < -0.39 is 69.5 Å².